The van der Waals surface area contributed by atoms with E-state index in [1.165, 1.54) is 12.1 Å². The van der Waals surface area contributed by atoms with Crippen LogP contribution in [0, 0.1) is 10.1 Å². The first-order valence-corrected chi connectivity index (χ1v) is 4.17. The summed E-state index contributed by atoms with van der Waals surface area (Å²) in [6.45, 7) is 0. The second kappa shape index (κ2) is 5.42. The summed E-state index contributed by atoms with van der Waals surface area (Å²) in [5, 5.41) is 10.3. The number of nitro benzene ring substituents is 1. The number of benzene rings is 1. The van der Waals surface area contributed by atoms with E-state index in [-0.39, 0.29) is 11.4 Å². The second-order valence-corrected chi connectivity index (χ2v) is 2.64. The van der Waals surface area contributed by atoms with Gasteiger partial charge in [-0.15, -0.1) is 0 Å². The number of hydrogen-bond acceptors (Lipinski definition) is 7. The van der Waals surface area contributed by atoms with Crippen LogP contribution >= 0.6 is 0 Å². The number of amides is 1. The minimum Gasteiger partial charge on any atom is -0.395 e. The molecular weight excluding hydrogens is 234 g/mol. The third kappa shape index (κ3) is 3.76. The van der Waals surface area contributed by atoms with Crippen molar-refractivity contribution in [3.63, 3.8) is 0 Å². The highest BCUT2D eigenvalue weighted by molar-refractivity contribution is 5.81. The van der Waals surface area contributed by atoms with Gasteiger partial charge in [0.15, 0.2) is 0 Å². The molecule has 1 aromatic carbocycles. The Morgan fingerprint density at radius 2 is 1.88 bits per heavy atom. The lowest BCUT2D eigenvalue weighted by molar-refractivity contribution is -0.384. The fourth-order valence-corrected chi connectivity index (χ4v) is 0.858. The first-order chi connectivity index (χ1) is 8.02. The fraction of sp³-hybridized carbons (Fsp3) is 0. The molecule has 0 saturated heterocycles. The van der Waals surface area contributed by atoms with E-state index < -0.39 is 17.2 Å². The van der Waals surface area contributed by atoms with Crippen LogP contribution in [-0.4, -0.2) is 17.2 Å². The predicted octanol–water partition coefficient (Wildman–Crippen LogP) is 0.694. The number of nitrogens with zero attached hydrogens (tertiary/aromatic N) is 1. The van der Waals surface area contributed by atoms with Gasteiger partial charge < -0.3 is 9.47 Å². The average molecular weight is 241 g/mol. The van der Waals surface area contributed by atoms with Gasteiger partial charge in [-0.3, -0.25) is 15.5 Å². The molecule has 1 aromatic rings. The molecule has 0 aliphatic heterocycles. The van der Waals surface area contributed by atoms with Crippen molar-refractivity contribution < 1.29 is 24.0 Å². The first kappa shape index (κ1) is 12.4. The Kier molecular flexibility index (Phi) is 3.95. The van der Waals surface area contributed by atoms with E-state index in [4.69, 9.17) is 0 Å². The average Bonchev–Trinajstić information content (AvgIpc) is 2.29. The van der Waals surface area contributed by atoms with Crippen LogP contribution in [0.1, 0.15) is 0 Å². The van der Waals surface area contributed by atoms with Crippen LogP contribution in [0.25, 0.3) is 0 Å². The van der Waals surface area contributed by atoms with Gasteiger partial charge >= 0.3 is 12.2 Å². The molecule has 90 valence electrons. The van der Waals surface area contributed by atoms with Gasteiger partial charge in [0, 0.05) is 12.1 Å². The third-order valence-electron chi connectivity index (χ3n) is 1.54. The van der Waals surface area contributed by atoms with Gasteiger partial charge in [-0.05, 0) is 12.1 Å². The Labute approximate surface area is 94.2 Å². The minimum atomic E-state index is -1.30. The topological polar surface area (TPSA) is 134 Å². The van der Waals surface area contributed by atoms with E-state index in [1.54, 1.807) is 5.43 Å². The highest BCUT2D eigenvalue weighted by atomic mass is 16.7. The monoisotopic (exact) mass is 241 g/mol. The SMILES string of the molecule is NNC(=O)OC(=O)Oc1ccc([N+](=O)[O-])cc1. The molecule has 0 atom stereocenters. The van der Waals surface area contributed by atoms with Gasteiger partial charge in [0.25, 0.3) is 5.69 Å². The predicted molar refractivity (Wildman–Crippen MR) is 52.9 cm³/mol. The van der Waals surface area contributed by atoms with Crippen molar-refractivity contribution >= 4 is 17.9 Å². The van der Waals surface area contributed by atoms with Gasteiger partial charge in [-0.25, -0.2) is 15.4 Å². The molecule has 0 heterocycles. The molecule has 1 amide bonds. The summed E-state index contributed by atoms with van der Waals surface area (Å²) < 4.78 is 8.53. The summed E-state index contributed by atoms with van der Waals surface area (Å²) in [6.07, 6.45) is -2.49. The van der Waals surface area contributed by atoms with Gasteiger partial charge in [0.2, 0.25) is 0 Å². The molecule has 0 bridgehead atoms. The standard InChI is InChI=1S/C8H7N3O6/c9-10-7(12)17-8(13)16-6-3-1-5(2-4-6)11(14)15/h1-4H,9H2,(H,10,12). The Hall–Kier alpha value is -2.68. The lowest BCUT2D eigenvalue weighted by Gasteiger charge is -2.03. The summed E-state index contributed by atoms with van der Waals surface area (Å²) in [6, 6.07) is 4.62. The molecule has 0 aliphatic rings. The maximum Gasteiger partial charge on any atom is 0.523 e. The lowest BCUT2D eigenvalue weighted by Crippen LogP contribution is -2.33. The highest BCUT2D eigenvalue weighted by Crippen LogP contribution is 2.17. The molecular formula is C8H7N3O6. The quantitative estimate of drug-likeness (QED) is 0.148. The maximum atomic E-state index is 10.9. The van der Waals surface area contributed by atoms with Crippen LogP contribution in [0.4, 0.5) is 15.3 Å². The number of nitrogens with two attached hydrogens (primary N) is 1. The van der Waals surface area contributed by atoms with Crippen molar-refractivity contribution in [2.75, 3.05) is 0 Å². The second-order valence-electron chi connectivity index (χ2n) is 2.64. The molecule has 0 saturated carbocycles. The van der Waals surface area contributed by atoms with Crippen LogP contribution in [0.2, 0.25) is 0 Å². The molecule has 0 aromatic heterocycles. The number of rotatable bonds is 2. The smallest absolute Gasteiger partial charge is 0.395 e. The Balaban J connectivity index is 2.60. The zero-order chi connectivity index (χ0) is 12.8. The number of hydrazine groups is 1. The van der Waals surface area contributed by atoms with Crippen molar-refractivity contribution in [3.05, 3.63) is 34.4 Å². The highest BCUT2D eigenvalue weighted by Gasteiger charge is 2.12. The van der Waals surface area contributed by atoms with Crippen molar-refractivity contribution in [1.82, 2.24) is 5.43 Å². The van der Waals surface area contributed by atoms with Crippen LogP contribution in [0.5, 0.6) is 5.75 Å². The van der Waals surface area contributed by atoms with E-state index in [0.717, 1.165) is 12.1 Å². The van der Waals surface area contributed by atoms with Crippen molar-refractivity contribution in [3.8, 4) is 5.75 Å². The van der Waals surface area contributed by atoms with Gasteiger partial charge in [0.1, 0.15) is 5.75 Å². The van der Waals surface area contributed by atoms with E-state index in [0.29, 0.717) is 0 Å². The zero-order valence-electron chi connectivity index (χ0n) is 8.28. The largest absolute Gasteiger partial charge is 0.523 e. The normalized spacial score (nSPS) is 9.24. The maximum absolute atomic E-state index is 10.9. The molecule has 17 heavy (non-hydrogen) atoms. The van der Waals surface area contributed by atoms with Crippen molar-refractivity contribution in [1.29, 1.82) is 0 Å². The number of carbonyl (C=O) groups is 2. The summed E-state index contributed by atoms with van der Waals surface area (Å²) >= 11 is 0. The Morgan fingerprint density at radius 3 is 2.35 bits per heavy atom. The Morgan fingerprint density at radius 1 is 1.29 bits per heavy atom. The first-order valence-electron chi connectivity index (χ1n) is 4.17. The lowest BCUT2D eigenvalue weighted by atomic mass is 10.3. The van der Waals surface area contributed by atoms with E-state index in [2.05, 4.69) is 15.3 Å². The Bertz CT molecular complexity index is 443. The summed E-state index contributed by atoms with van der Waals surface area (Å²) in [7, 11) is 0. The summed E-state index contributed by atoms with van der Waals surface area (Å²) in [4.78, 5) is 31.1. The fourth-order valence-electron chi connectivity index (χ4n) is 0.858. The molecule has 0 fully saturated rings. The molecule has 1 rings (SSSR count). The third-order valence-corrected chi connectivity index (χ3v) is 1.54. The number of ether oxygens (including phenoxy) is 2. The molecule has 9 heteroatoms. The van der Waals surface area contributed by atoms with Crippen LogP contribution < -0.4 is 16.0 Å². The van der Waals surface area contributed by atoms with Crippen LogP contribution in [-0.2, 0) is 4.74 Å². The molecule has 0 aliphatic carbocycles. The number of carbonyl (C=O) groups excluding carboxylic acids is 2. The number of non-ortho nitro benzene ring substituents is 1. The number of nitrogens with one attached hydrogen (secondary N) is 1. The van der Waals surface area contributed by atoms with Gasteiger partial charge in [-0.2, -0.15) is 0 Å². The van der Waals surface area contributed by atoms with Gasteiger partial charge in [-0.1, -0.05) is 0 Å². The van der Waals surface area contributed by atoms with Gasteiger partial charge in [0.05, 0.1) is 4.92 Å². The van der Waals surface area contributed by atoms with Crippen LogP contribution in [0.3, 0.4) is 0 Å². The summed E-state index contributed by atoms with van der Waals surface area (Å²) in [5.41, 5.74) is 1.39. The number of nitro groups is 1. The molecule has 3 N–H and O–H groups in total. The van der Waals surface area contributed by atoms with Crippen LogP contribution in [0.15, 0.2) is 24.3 Å². The molecule has 9 nitrogen and oxygen atoms in total. The minimum absolute atomic E-state index is 0.00887. The summed E-state index contributed by atoms with van der Waals surface area (Å²) in [5.74, 6) is 4.65. The zero-order valence-corrected chi connectivity index (χ0v) is 8.28. The molecule has 0 unspecified atom stereocenters. The van der Waals surface area contributed by atoms with E-state index in [1.807, 2.05) is 0 Å². The van der Waals surface area contributed by atoms with E-state index >= 15 is 0 Å². The molecule has 0 spiro atoms. The molecule has 0 radical (unpaired) electrons. The van der Waals surface area contributed by atoms with Crippen molar-refractivity contribution in [2.45, 2.75) is 0 Å². The van der Waals surface area contributed by atoms with E-state index in [9.17, 15) is 19.7 Å². The number of hydrogen-bond donors (Lipinski definition) is 2. The van der Waals surface area contributed by atoms with Crippen molar-refractivity contribution in [2.24, 2.45) is 5.84 Å².